The average molecular weight is 603 g/mol. The molecule has 1 aromatic heterocycles. The third kappa shape index (κ3) is 6.55. The van der Waals surface area contributed by atoms with Gasteiger partial charge in [0.05, 0.1) is 0 Å². The predicted molar refractivity (Wildman–Crippen MR) is 157 cm³/mol. The molecule has 1 N–H and O–H groups in total. The van der Waals surface area contributed by atoms with Crippen molar-refractivity contribution in [2.45, 2.75) is 55.0 Å². The number of sulfonamides is 1. The molecule has 12 heteroatoms. The zero-order valence-corrected chi connectivity index (χ0v) is 24.9. The summed E-state index contributed by atoms with van der Waals surface area (Å²) < 4.78 is 71.4. The minimum Gasteiger partial charge on any atom is -0.370 e. The molecule has 2 saturated heterocycles. The lowest BCUT2D eigenvalue weighted by Crippen LogP contribution is -2.67. The zero-order valence-electron chi connectivity index (χ0n) is 24.1. The second-order valence-electron chi connectivity index (χ2n) is 11.6. The SMILES string of the molecule is CN1CC(N(C)[C@@]2(CCc3cccc(C(C)(F)F)c3)CCCN(c3ccc(S(=O)(=O)Nc4ccncn4)c(F)c3)C2)C1. The second kappa shape index (κ2) is 11.8. The summed E-state index contributed by atoms with van der Waals surface area (Å²) in [6.45, 7) is 4.10. The standard InChI is InChI=1S/C30H37F3N6O2S/c1-29(32,33)23-7-4-6-22(16-23)10-13-30(38(3)25-18-37(2)19-25)12-5-15-39(20-30)24-8-9-27(26(31)17-24)42(40,41)36-28-11-14-34-21-35-28/h4,6-9,11,14,16-17,21,25H,5,10,12-13,15,18-20H2,1-3H3,(H,34,35,36)/t30-/m1/s1. The number of likely N-dealkylation sites (tertiary alicyclic amines) is 1. The van der Waals surface area contributed by atoms with Crippen molar-refractivity contribution < 1.29 is 21.6 Å². The van der Waals surface area contributed by atoms with Crippen molar-refractivity contribution in [2.24, 2.45) is 0 Å². The van der Waals surface area contributed by atoms with Crippen LogP contribution < -0.4 is 9.62 Å². The van der Waals surface area contributed by atoms with Crippen molar-refractivity contribution in [3.05, 3.63) is 78.0 Å². The molecule has 1 atom stereocenters. The molecule has 2 aliphatic rings. The van der Waals surface area contributed by atoms with Gasteiger partial charge in [-0.3, -0.25) is 9.62 Å². The first-order valence-electron chi connectivity index (χ1n) is 14.1. The minimum atomic E-state index is -4.19. The number of likely N-dealkylation sites (N-methyl/N-ethyl adjacent to an activating group) is 2. The summed E-state index contributed by atoms with van der Waals surface area (Å²) in [6, 6.07) is 12.6. The Labute approximate surface area is 245 Å². The molecule has 0 amide bonds. The van der Waals surface area contributed by atoms with Gasteiger partial charge in [0.25, 0.3) is 15.9 Å². The summed E-state index contributed by atoms with van der Waals surface area (Å²) >= 11 is 0. The molecule has 2 fully saturated rings. The summed E-state index contributed by atoms with van der Waals surface area (Å²) in [5.41, 5.74) is 1.20. The van der Waals surface area contributed by atoms with E-state index in [4.69, 9.17) is 0 Å². The van der Waals surface area contributed by atoms with E-state index in [1.165, 1.54) is 36.8 Å². The van der Waals surface area contributed by atoms with Gasteiger partial charge >= 0.3 is 0 Å². The van der Waals surface area contributed by atoms with Crippen molar-refractivity contribution in [3.63, 3.8) is 0 Å². The Bertz CT molecular complexity index is 1500. The molecule has 0 saturated carbocycles. The van der Waals surface area contributed by atoms with Gasteiger partial charge in [-0.15, -0.1) is 0 Å². The Morgan fingerprint density at radius 1 is 1.17 bits per heavy atom. The molecule has 42 heavy (non-hydrogen) atoms. The molecule has 226 valence electrons. The van der Waals surface area contributed by atoms with Crippen LogP contribution in [0, 0.1) is 5.82 Å². The number of aromatic nitrogens is 2. The van der Waals surface area contributed by atoms with Crippen LogP contribution in [-0.4, -0.2) is 80.0 Å². The quantitative estimate of drug-likeness (QED) is 0.359. The Morgan fingerprint density at radius 3 is 2.62 bits per heavy atom. The number of aryl methyl sites for hydroxylation is 1. The fourth-order valence-corrected chi connectivity index (χ4v) is 7.19. The molecule has 0 spiro atoms. The average Bonchev–Trinajstić information content (AvgIpc) is 2.94. The molecule has 0 aliphatic carbocycles. The number of nitrogens with one attached hydrogen (secondary N) is 1. The topological polar surface area (TPSA) is 81.7 Å². The van der Waals surface area contributed by atoms with E-state index >= 15 is 4.39 Å². The number of nitrogens with zero attached hydrogens (tertiary/aromatic N) is 5. The molecule has 0 bridgehead atoms. The normalized spacial score (nSPS) is 20.5. The van der Waals surface area contributed by atoms with E-state index in [1.807, 2.05) is 6.07 Å². The Kier molecular flexibility index (Phi) is 8.51. The van der Waals surface area contributed by atoms with Crippen LogP contribution in [0.25, 0.3) is 0 Å². The van der Waals surface area contributed by atoms with Gasteiger partial charge < -0.3 is 9.80 Å². The van der Waals surface area contributed by atoms with Gasteiger partial charge in [0.2, 0.25) is 0 Å². The minimum absolute atomic E-state index is 0.00742. The van der Waals surface area contributed by atoms with Crippen molar-refractivity contribution in [3.8, 4) is 0 Å². The molecule has 8 nitrogen and oxygen atoms in total. The van der Waals surface area contributed by atoms with Crippen molar-refractivity contribution in [1.29, 1.82) is 0 Å². The van der Waals surface area contributed by atoms with E-state index in [2.05, 4.69) is 43.5 Å². The van der Waals surface area contributed by atoms with Gasteiger partial charge in [0, 0.05) is 62.1 Å². The number of piperidine rings is 1. The van der Waals surface area contributed by atoms with Gasteiger partial charge in [-0.05, 0) is 75.7 Å². The highest BCUT2D eigenvalue weighted by molar-refractivity contribution is 7.92. The monoisotopic (exact) mass is 602 g/mol. The van der Waals surface area contributed by atoms with E-state index in [1.54, 1.807) is 18.2 Å². The van der Waals surface area contributed by atoms with Gasteiger partial charge in [0.1, 0.15) is 22.9 Å². The maximum atomic E-state index is 15.3. The molecular formula is C30H37F3N6O2S. The fourth-order valence-electron chi connectivity index (χ4n) is 6.12. The van der Waals surface area contributed by atoms with Crippen molar-refractivity contribution in [2.75, 3.05) is 49.9 Å². The smallest absolute Gasteiger partial charge is 0.270 e. The molecular weight excluding hydrogens is 565 g/mol. The fraction of sp³-hybridized carbons (Fsp3) is 0.467. The van der Waals surface area contributed by atoms with E-state index in [0.717, 1.165) is 44.8 Å². The van der Waals surface area contributed by atoms with Crippen LogP contribution in [0.15, 0.2) is 66.0 Å². The third-order valence-corrected chi connectivity index (χ3v) is 9.99. The lowest BCUT2D eigenvalue weighted by atomic mass is 9.80. The predicted octanol–water partition coefficient (Wildman–Crippen LogP) is 4.75. The van der Waals surface area contributed by atoms with Crippen LogP contribution >= 0.6 is 0 Å². The highest BCUT2D eigenvalue weighted by atomic mass is 32.2. The number of hydrogen-bond acceptors (Lipinski definition) is 7. The first-order valence-corrected chi connectivity index (χ1v) is 15.6. The maximum absolute atomic E-state index is 15.3. The lowest BCUT2D eigenvalue weighted by Gasteiger charge is -2.55. The number of rotatable bonds is 10. The summed E-state index contributed by atoms with van der Waals surface area (Å²) in [7, 11) is 0.0203. The van der Waals surface area contributed by atoms with Crippen LogP contribution in [0.5, 0.6) is 0 Å². The van der Waals surface area contributed by atoms with E-state index in [0.29, 0.717) is 31.2 Å². The van der Waals surface area contributed by atoms with Crippen LogP contribution in [0.4, 0.5) is 24.7 Å². The number of halogens is 3. The largest absolute Gasteiger partial charge is 0.370 e. The Balaban J connectivity index is 1.38. The van der Waals surface area contributed by atoms with E-state index in [9.17, 15) is 17.2 Å². The van der Waals surface area contributed by atoms with Gasteiger partial charge in [-0.1, -0.05) is 18.2 Å². The van der Waals surface area contributed by atoms with Crippen LogP contribution in [0.3, 0.4) is 0 Å². The van der Waals surface area contributed by atoms with Crippen LogP contribution in [-0.2, 0) is 22.4 Å². The van der Waals surface area contributed by atoms with Gasteiger partial charge in [0.15, 0.2) is 0 Å². The number of anilines is 2. The molecule has 5 rings (SSSR count). The number of benzene rings is 2. The van der Waals surface area contributed by atoms with E-state index < -0.39 is 26.7 Å². The van der Waals surface area contributed by atoms with Gasteiger partial charge in [-0.2, -0.15) is 0 Å². The van der Waals surface area contributed by atoms with Crippen molar-refractivity contribution >= 4 is 21.5 Å². The zero-order chi connectivity index (χ0) is 30.1. The summed E-state index contributed by atoms with van der Waals surface area (Å²) in [5.74, 6) is -3.71. The Hall–Kier alpha value is -3.22. The molecule has 0 unspecified atom stereocenters. The highest BCUT2D eigenvalue weighted by Gasteiger charge is 2.44. The van der Waals surface area contributed by atoms with E-state index in [-0.39, 0.29) is 16.9 Å². The number of hydrogen-bond donors (Lipinski definition) is 1. The summed E-state index contributed by atoms with van der Waals surface area (Å²) in [4.78, 5) is 13.9. The highest BCUT2D eigenvalue weighted by Crippen LogP contribution is 2.37. The molecule has 3 heterocycles. The molecule has 2 aromatic carbocycles. The summed E-state index contributed by atoms with van der Waals surface area (Å²) in [6.07, 6.45) is 5.75. The Morgan fingerprint density at radius 2 is 1.95 bits per heavy atom. The van der Waals surface area contributed by atoms with Crippen LogP contribution in [0.2, 0.25) is 0 Å². The van der Waals surface area contributed by atoms with Crippen LogP contribution in [0.1, 0.15) is 37.3 Å². The number of alkyl halides is 2. The molecule has 2 aliphatic heterocycles. The first-order chi connectivity index (χ1) is 19.9. The van der Waals surface area contributed by atoms with Gasteiger partial charge in [-0.25, -0.2) is 31.6 Å². The van der Waals surface area contributed by atoms with Crippen molar-refractivity contribution in [1.82, 2.24) is 19.8 Å². The summed E-state index contributed by atoms with van der Waals surface area (Å²) in [5, 5.41) is 0. The second-order valence-corrected chi connectivity index (χ2v) is 13.3. The third-order valence-electron chi connectivity index (χ3n) is 8.60. The maximum Gasteiger partial charge on any atom is 0.270 e. The lowest BCUT2D eigenvalue weighted by molar-refractivity contribution is -0.0185. The molecule has 3 aromatic rings. The first kappa shape index (κ1) is 30.2. The molecule has 0 radical (unpaired) electrons.